The van der Waals surface area contributed by atoms with E-state index in [0.717, 1.165) is 54.1 Å². The Kier molecular flexibility index (Phi) is 9.57. The van der Waals surface area contributed by atoms with Gasteiger partial charge in [-0.25, -0.2) is 9.37 Å². The van der Waals surface area contributed by atoms with Gasteiger partial charge in [0.25, 0.3) is 17.4 Å². The summed E-state index contributed by atoms with van der Waals surface area (Å²) in [5.74, 6) is -1.51. The number of likely N-dealkylation sites (tertiary alicyclic amines) is 1. The normalized spacial score (nSPS) is 18.6. The first-order valence-corrected chi connectivity index (χ1v) is 16.0. The maximum absolute atomic E-state index is 13.6. The number of esters is 1. The van der Waals surface area contributed by atoms with Gasteiger partial charge in [0, 0.05) is 73.4 Å². The van der Waals surface area contributed by atoms with Crippen LogP contribution in [0.15, 0.2) is 39.7 Å². The van der Waals surface area contributed by atoms with Crippen LogP contribution in [-0.2, 0) is 36.9 Å². The number of hydrogen-bond donors (Lipinski definition) is 1. The van der Waals surface area contributed by atoms with E-state index in [0.29, 0.717) is 55.0 Å². The van der Waals surface area contributed by atoms with E-state index in [1.54, 1.807) is 10.6 Å². The summed E-state index contributed by atoms with van der Waals surface area (Å²) in [6.07, 6.45) is 5.03. The first kappa shape index (κ1) is 32.2. The van der Waals surface area contributed by atoms with Crippen molar-refractivity contribution in [2.24, 2.45) is 0 Å². The number of amides is 3. The Morgan fingerprint density at radius 1 is 1.04 bits per heavy atom. The standard InChI is InChI=1S/C33H37FN6O7/c1-20-23(11-17-38-15-9-21(10-16-38)31-24-5-4-22(34)19-26(24)47-37-31)33(45)40-14-2-3-25(32(40)36-20)46-30(44)8-13-35-27(41)12-18-39-28(42)6-7-29(39)43/h4-7,19,21,25H,2-3,8-18H2,1H3,(H,35,41). The number of halogens is 1. The molecule has 0 spiro atoms. The minimum absolute atomic E-state index is 0.0361. The number of ether oxygens (including phenoxy) is 1. The Labute approximate surface area is 269 Å². The number of nitrogens with one attached hydrogen (secondary N) is 1. The molecule has 3 aliphatic rings. The number of aromatic nitrogens is 3. The number of carbonyl (C=O) groups excluding carboxylic acids is 4. The first-order chi connectivity index (χ1) is 22.7. The van der Waals surface area contributed by atoms with Gasteiger partial charge in [-0.1, -0.05) is 5.16 Å². The molecule has 1 atom stereocenters. The second kappa shape index (κ2) is 14.0. The second-order valence-corrected chi connectivity index (χ2v) is 12.2. The van der Waals surface area contributed by atoms with Gasteiger partial charge < -0.3 is 19.5 Å². The molecule has 2 aromatic heterocycles. The molecule has 1 saturated heterocycles. The molecule has 14 heteroatoms. The molecule has 1 unspecified atom stereocenters. The van der Waals surface area contributed by atoms with Crippen molar-refractivity contribution in [1.82, 2.24) is 29.8 Å². The molecular weight excluding hydrogens is 611 g/mol. The number of fused-ring (bicyclic) bond motifs is 2. The van der Waals surface area contributed by atoms with Crippen molar-refractivity contribution in [2.45, 2.75) is 70.4 Å². The summed E-state index contributed by atoms with van der Waals surface area (Å²) in [4.78, 5) is 69.5. The van der Waals surface area contributed by atoms with Gasteiger partial charge in [-0.2, -0.15) is 0 Å². The molecule has 3 aromatic rings. The van der Waals surface area contributed by atoms with E-state index >= 15 is 0 Å². The third kappa shape index (κ3) is 7.17. The molecule has 47 heavy (non-hydrogen) atoms. The van der Waals surface area contributed by atoms with Crippen LogP contribution in [0, 0.1) is 12.7 Å². The SMILES string of the molecule is Cc1nc2n(c(=O)c1CCN1CCC(c3noc4cc(F)ccc34)CC1)CCCC2OC(=O)CCNC(=O)CCN1C(=O)C=CC1=O. The molecular formula is C33H37FN6O7. The van der Waals surface area contributed by atoms with Gasteiger partial charge in [0.05, 0.1) is 12.1 Å². The van der Waals surface area contributed by atoms with Crippen LogP contribution in [0.4, 0.5) is 4.39 Å². The fraction of sp³-hybridized carbons (Fsp3) is 0.485. The Bertz CT molecular complexity index is 1770. The molecule has 3 amide bonds. The summed E-state index contributed by atoms with van der Waals surface area (Å²) < 4.78 is 26.2. The quantitative estimate of drug-likeness (QED) is 0.242. The molecule has 5 heterocycles. The van der Waals surface area contributed by atoms with E-state index in [1.165, 1.54) is 12.1 Å². The molecule has 0 saturated carbocycles. The third-order valence-corrected chi connectivity index (χ3v) is 9.14. The zero-order valence-corrected chi connectivity index (χ0v) is 26.2. The lowest BCUT2D eigenvalue weighted by molar-refractivity contribution is -0.151. The zero-order chi connectivity index (χ0) is 33.1. The minimum atomic E-state index is -0.657. The van der Waals surface area contributed by atoms with Crippen LogP contribution in [0.2, 0.25) is 0 Å². The molecule has 1 aromatic carbocycles. The van der Waals surface area contributed by atoms with E-state index in [2.05, 4.69) is 15.4 Å². The van der Waals surface area contributed by atoms with Crippen molar-refractivity contribution in [2.75, 3.05) is 32.7 Å². The van der Waals surface area contributed by atoms with Crippen molar-refractivity contribution < 1.29 is 32.8 Å². The maximum Gasteiger partial charge on any atom is 0.308 e. The van der Waals surface area contributed by atoms with Crippen LogP contribution in [-0.4, -0.2) is 80.9 Å². The highest BCUT2D eigenvalue weighted by molar-refractivity contribution is 6.13. The van der Waals surface area contributed by atoms with Gasteiger partial charge in [-0.3, -0.25) is 33.4 Å². The number of imide groups is 1. The number of carbonyl (C=O) groups is 4. The number of rotatable bonds is 11. The number of piperidine rings is 1. The molecule has 0 radical (unpaired) electrons. The van der Waals surface area contributed by atoms with E-state index in [9.17, 15) is 28.4 Å². The summed E-state index contributed by atoms with van der Waals surface area (Å²) in [5.41, 5.74) is 2.50. The molecule has 0 bridgehead atoms. The molecule has 248 valence electrons. The summed E-state index contributed by atoms with van der Waals surface area (Å²) in [7, 11) is 0. The van der Waals surface area contributed by atoms with Gasteiger partial charge in [0.15, 0.2) is 17.5 Å². The lowest BCUT2D eigenvalue weighted by atomic mass is 9.91. The lowest BCUT2D eigenvalue weighted by Gasteiger charge is -2.31. The van der Waals surface area contributed by atoms with Crippen LogP contribution in [0.3, 0.4) is 0 Å². The Morgan fingerprint density at radius 3 is 2.57 bits per heavy atom. The largest absolute Gasteiger partial charge is 0.454 e. The third-order valence-electron chi connectivity index (χ3n) is 9.14. The summed E-state index contributed by atoms with van der Waals surface area (Å²) in [5, 5.41) is 7.69. The van der Waals surface area contributed by atoms with Gasteiger partial charge in [-0.05, 0) is 64.3 Å². The van der Waals surface area contributed by atoms with E-state index in [-0.39, 0.29) is 43.2 Å². The summed E-state index contributed by atoms with van der Waals surface area (Å²) >= 11 is 0. The lowest BCUT2D eigenvalue weighted by Crippen LogP contribution is -2.38. The van der Waals surface area contributed by atoms with Crippen molar-refractivity contribution in [1.29, 1.82) is 0 Å². The minimum Gasteiger partial charge on any atom is -0.454 e. The van der Waals surface area contributed by atoms with E-state index in [4.69, 9.17) is 14.2 Å². The molecule has 1 N–H and O–H groups in total. The van der Waals surface area contributed by atoms with Crippen LogP contribution < -0.4 is 10.9 Å². The highest BCUT2D eigenvalue weighted by Crippen LogP contribution is 2.33. The summed E-state index contributed by atoms with van der Waals surface area (Å²) in [6, 6.07) is 4.51. The number of benzene rings is 1. The van der Waals surface area contributed by atoms with Crippen molar-refractivity contribution in [3.63, 3.8) is 0 Å². The Balaban J connectivity index is 0.981. The molecule has 1 fully saturated rings. The Hall–Kier alpha value is -4.72. The second-order valence-electron chi connectivity index (χ2n) is 12.2. The monoisotopic (exact) mass is 648 g/mol. The molecule has 13 nitrogen and oxygen atoms in total. The fourth-order valence-corrected chi connectivity index (χ4v) is 6.55. The average molecular weight is 649 g/mol. The van der Waals surface area contributed by atoms with Crippen LogP contribution in [0.25, 0.3) is 11.0 Å². The maximum atomic E-state index is 13.6. The Morgan fingerprint density at radius 2 is 1.81 bits per heavy atom. The van der Waals surface area contributed by atoms with Crippen molar-refractivity contribution in [3.05, 3.63) is 69.3 Å². The van der Waals surface area contributed by atoms with E-state index in [1.807, 2.05) is 6.92 Å². The summed E-state index contributed by atoms with van der Waals surface area (Å²) in [6.45, 7) is 4.70. The van der Waals surface area contributed by atoms with Gasteiger partial charge >= 0.3 is 5.97 Å². The number of nitrogens with zero attached hydrogens (tertiary/aromatic N) is 5. The smallest absolute Gasteiger partial charge is 0.308 e. The molecule has 6 rings (SSSR count). The highest BCUT2D eigenvalue weighted by Gasteiger charge is 2.30. The van der Waals surface area contributed by atoms with Crippen LogP contribution >= 0.6 is 0 Å². The van der Waals surface area contributed by atoms with Crippen molar-refractivity contribution >= 4 is 34.7 Å². The van der Waals surface area contributed by atoms with Crippen LogP contribution in [0.1, 0.15) is 73.3 Å². The van der Waals surface area contributed by atoms with E-state index < -0.39 is 29.8 Å². The van der Waals surface area contributed by atoms with Crippen molar-refractivity contribution in [3.8, 4) is 0 Å². The number of hydrogen-bond acceptors (Lipinski definition) is 10. The van der Waals surface area contributed by atoms with Gasteiger partial charge in [-0.15, -0.1) is 0 Å². The van der Waals surface area contributed by atoms with Gasteiger partial charge in [0.1, 0.15) is 5.82 Å². The fourth-order valence-electron chi connectivity index (χ4n) is 6.55. The predicted molar refractivity (Wildman–Crippen MR) is 165 cm³/mol. The molecule has 3 aliphatic heterocycles. The highest BCUT2D eigenvalue weighted by atomic mass is 19.1. The van der Waals surface area contributed by atoms with Gasteiger partial charge in [0.2, 0.25) is 5.91 Å². The molecule has 0 aliphatic carbocycles. The van der Waals surface area contributed by atoms with Crippen LogP contribution in [0.5, 0.6) is 0 Å². The topological polar surface area (TPSA) is 157 Å². The zero-order valence-electron chi connectivity index (χ0n) is 26.2. The average Bonchev–Trinajstić information content (AvgIpc) is 3.62. The number of aryl methyl sites for hydroxylation is 1. The predicted octanol–water partition coefficient (Wildman–Crippen LogP) is 2.45. The first-order valence-electron chi connectivity index (χ1n) is 16.0.